The van der Waals surface area contributed by atoms with Crippen LogP contribution in [0.1, 0.15) is 67.7 Å². The lowest BCUT2D eigenvalue weighted by molar-refractivity contribution is 0.291. The van der Waals surface area contributed by atoms with E-state index in [1.54, 1.807) is 0 Å². The van der Waals surface area contributed by atoms with Crippen molar-refractivity contribution >= 4 is 0 Å². The molecule has 0 amide bonds. The summed E-state index contributed by atoms with van der Waals surface area (Å²) in [6, 6.07) is 0.778. The van der Waals surface area contributed by atoms with Gasteiger partial charge in [-0.3, -0.25) is 0 Å². The van der Waals surface area contributed by atoms with E-state index in [4.69, 9.17) is 0 Å². The Morgan fingerprint density at radius 2 is 1.72 bits per heavy atom. The van der Waals surface area contributed by atoms with Gasteiger partial charge in [0.25, 0.3) is 0 Å². The Bertz CT molecular complexity index is 316. The predicted octanol–water partition coefficient (Wildman–Crippen LogP) is 3.32. The van der Waals surface area contributed by atoms with Crippen LogP contribution in [0.15, 0.2) is 0 Å². The van der Waals surface area contributed by atoms with Gasteiger partial charge in [0.1, 0.15) is 0 Å². The van der Waals surface area contributed by atoms with E-state index in [2.05, 4.69) is 59.1 Å². The van der Waals surface area contributed by atoms with E-state index >= 15 is 0 Å². The van der Waals surface area contributed by atoms with Gasteiger partial charge in [-0.25, -0.2) is 0 Å². The van der Waals surface area contributed by atoms with Crippen molar-refractivity contribution in [3.63, 3.8) is 0 Å². The van der Waals surface area contributed by atoms with Crippen LogP contribution in [0.3, 0.4) is 0 Å². The summed E-state index contributed by atoms with van der Waals surface area (Å²) in [6.45, 7) is 16.3. The molecule has 0 heterocycles. The Hall–Kier alpha value is -0.0800. The normalized spacial score (nSPS) is 39.8. The molecule has 0 aromatic rings. The SMILES string of the molecule is CC1CC1NC(C)(C)CC1CC1(C)NC(C)(C)C. The number of hydrogen-bond acceptors (Lipinski definition) is 2. The first-order valence-electron chi connectivity index (χ1n) is 7.58. The first kappa shape index (κ1) is 14.3. The molecular formula is C16H32N2. The molecule has 0 bridgehead atoms. The zero-order valence-electron chi connectivity index (χ0n) is 13.4. The molecule has 2 heteroatoms. The van der Waals surface area contributed by atoms with Crippen LogP contribution in [0.5, 0.6) is 0 Å². The smallest absolute Gasteiger partial charge is 0.0191 e. The van der Waals surface area contributed by atoms with Gasteiger partial charge >= 0.3 is 0 Å². The Labute approximate surface area is 113 Å². The van der Waals surface area contributed by atoms with E-state index in [1.165, 1.54) is 19.3 Å². The molecule has 0 saturated heterocycles. The van der Waals surface area contributed by atoms with Crippen LogP contribution in [0.4, 0.5) is 0 Å². The highest BCUT2D eigenvalue weighted by Gasteiger charge is 2.53. The van der Waals surface area contributed by atoms with Crippen LogP contribution < -0.4 is 10.6 Å². The highest BCUT2D eigenvalue weighted by Crippen LogP contribution is 2.49. The van der Waals surface area contributed by atoms with Gasteiger partial charge in [-0.05, 0) is 72.6 Å². The van der Waals surface area contributed by atoms with Crippen LogP contribution in [-0.4, -0.2) is 22.7 Å². The van der Waals surface area contributed by atoms with Crippen molar-refractivity contribution in [2.45, 2.75) is 90.4 Å². The molecule has 0 radical (unpaired) electrons. The number of nitrogens with one attached hydrogen (secondary N) is 2. The fourth-order valence-electron chi connectivity index (χ4n) is 3.46. The van der Waals surface area contributed by atoms with Crippen molar-refractivity contribution < 1.29 is 0 Å². The minimum atomic E-state index is 0.228. The summed E-state index contributed by atoms with van der Waals surface area (Å²) in [7, 11) is 0. The molecular weight excluding hydrogens is 220 g/mol. The summed E-state index contributed by atoms with van der Waals surface area (Å²) < 4.78 is 0. The van der Waals surface area contributed by atoms with Crippen LogP contribution in [-0.2, 0) is 0 Å². The average Bonchev–Trinajstić information content (AvgIpc) is 2.89. The molecule has 0 aromatic heterocycles. The standard InChI is InChI=1S/C16H32N2/c1-11-8-13(11)17-15(5,6)9-12-10-16(12,7)18-14(2,3)4/h11-13,17-18H,8-10H2,1-7H3. The molecule has 2 nitrogen and oxygen atoms in total. The molecule has 2 fully saturated rings. The highest BCUT2D eigenvalue weighted by molar-refractivity contribution is 5.11. The van der Waals surface area contributed by atoms with Crippen LogP contribution in [0, 0.1) is 11.8 Å². The van der Waals surface area contributed by atoms with E-state index in [0.717, 1.165) is 17.9 Å². The maximum absolute atomic E-state index is 3.82. The van der Waals surface area contributed by atoms with Crippen LogP contribution in [0.25, 0.3) is 0 Å². The Morgan fingerprint density at radius 1 is 1.17 bits per heavy atom. The van der Waals surface area contributed by atoms with Gasteiger partial charge in [0, 0.05) is 22.7 Å². The summed E-state index contributed by atoms with van der Waals surface area (Å²) in [4.78, 5) is 0. The third-order valence-electron chi connectivity index (χ3n) is 4.51. The van der Waals surface area contributed by atoms with Gasteiger partial charge in [0.05, 0.1) is 0 Å². The second kappa shape index (κ2) is 4.21. The Balaban J connectivity index is 1.81. The minimum Gasteiger partial charge on any atom is -0.309 e. The second-order valence-electron chi connectivity index (χ2n) is 8.75. The molecule has 0 spiro atoms. The van der Waals surface area contributed by atoms with Crippen molar-refractivity contribution in [2.75, 3.05) is 0 Å². The maximum Gasteiger partial charge on any atom is 0.0191 e. The lowest BCUT2D eigenvalue weighted by Gasteiger charge is -2.31. The molecule has 0 aliphatic heterocycles. The molecule has 2 N–H and O–H groups in total. The first-order chi connectivity index (χ1) is 8.01. The Morgan fingerprint density at radius 3 is 2.17 bits per heavy atom. The van der Waals surface area contributed by atoms with E-state index in [-0.39, 0.29) is 11.1 Å². The highest BCUT2D eigenvalue weighted by atomic mass is 15.1. The second-order valence-corrected chi connectivity index (χ2v) is 8.75. The average molecular weight is 252 g/mol. The number of rotatable bonds is 5. The Kier molecular flexibility index (Phi) is 3.35. The van der Waals surface area contributed by atoms with Gasteiger partial charge in [-0.1, -0.05) is 6.92 Å². The molecule has 2 aliphatic rings. The van der Waals surface area contributed by atoms with Crippen LogP contribution in [0.2, 0.25) is 0 Å². The third-order valence-corrected chi connectivity index (χ3v) is 4.51. The van der Waals surface area contributed by atoms with E-state index in [0.29, 0.717) is 5.54 Å². The quantitative estimate of drug-likeness (QED) is 0.784. The molecule has 4 atom stereocenters. The third kappa shape index (κ3) is 3.71. The van der Waals surface area contributed by atoms with E-state index in [1.807, 2.05) is 0 Å². The number of hydrogen-bond donors (Lipinski definition) is 2. The lowest BCUT2D eigenvalue weighted by Crippen LogP contribution is -2.47. The summed E-state index contributed by atoms with van der Waals surface area (Å²) >= 11 is 0. The monoisotopic (exact) mass is 252 g/mol. The molecule has 2 aliphatic carbocycles. The molecule has 2 rings (SSSR count). The van der Waals surface area contributed by atoms with Crippen molar-refractivity contribution in [1.82, 2.24) is 10.6 Å². The zero-order chi connectivity index (χ0) is 13.8. The van der Waals surface area contributed by atoms with E-state index < -0.39 is 0 Å². The maximum atomic E-state index is 3.82. The van der Waals surface area contributed by atoms with E-state index in [9.17, 15) is 0 Å². The summed E-state index contributed by atoms with van der Waals surface area (Å²) in [6.07, 6.45) is 3.98. The van der Waals surface area contributed by atoms with Crippen molar-refractivity contribution in [3.8, 4) is 0 Å². The minimum absolute atomic E-state index is 0.228. The van der Waals surface area contributed by atoms with Gasteiger partial charge < -0.3 is 10.6 Å². The molecule has 0 aromatic carbocycles. The predicted molar refractivity (Wildman–Crippen MR) is 78.8 cm³/mol. The van der Waals surface area contributed by atoms with Gasteiger partial charge in [-0.15, -0.1) is 0 Å². The molecule has 4 unspecified atom stereocenters. The molecule has 106 valence electrons. The topological polar surface area (TPSA) is 24.1 Å². The lowest BCUT2D eigenvalue weighted by atomic mass is 9.94. The van der Waals surface area contributed by atoms with Crippen molar-refractivity contribution in [3.05, 3.63) is 0 Å². The van der Waals surface area contributed by atoms with Gasteiger partial charge in [-0.2, -0.15) is 0 Å². The summed E-state index contributed by atoms with van der Waals surface area (Å²) in [5.74, 6) is 1.72. The van der Waals surface area contributed by atoms with Crippen LogP contribution >= 0.6 is 0 Å². The summed E-state index contributed by atoms with van der Waals surface area (Å²) in [5.41, 5.74) is 0.885. The van der Waals surface area contributed by atoms with Gasteiger partial charge in [0.2, 0.25) is 0 Å². The largest absolute Gasteiger partial charge is 0.309 e. The fourth-order valence-corrected chi connectivity index (χ4v) is 3.46. The summed E-state index contributed by atoms with van der Waals surface area (Å²) in [5, 5.41) is 7.62. The van der Waals surface area contributed by atoms with Crippen molar-refractivity contribution in [1.29, 1.82) is 0 Å². The van der Waals surface area contributed by atoms with Crippen molar-refractivity contribution in [2.24, 2.45) is 11.8 Å². The van der Waals surface area contributed by atoms with Gasteiger partial charge in [0.15, 0.2) is 0 Å². The zero-order valence-corrected chi connectivity index (χ0v) is 13.4. The molecule has 2 saturated carbocycles. The molecule has 18 heavy (non-hydrogen) atoms. The first-order valence-corrected chi connectivity index (χ1v) is 7.58. The fraction of sp³-hybridized carbons (Fsp3) is 1.00.